The fourth-order valence-corrected chi connectivity index (χ4v) is 2.05. The maximum Gasteiger partial charge on any atom is 0.0805 e. The van der Waals surface area contributed by atoms with Gasteiger partial charge >= 0.3 is 0 Å². The van der Waals surface area contributed by atoms with Crippen LogP contribution in [0.25, 0.3) is 0 Å². The Kier molecular flexibility index (Phi) is 4.01. The third-order valence-corrected chi connectivity index (χ3v) is 2.86. The number of nitrogens with two attached hydrogens (primary N) is 1. The predicted octanol–water partition coefficient (Wildman–Crippen LogP) is 1.96. The SMILES string of the molecule is COC1(CN)CCC(C)(C)C1.Cl. The molecule has 12 heavy (non-hydrogen) atoms. The van der Waals surface area contributed by atoms with Gasteiger partial charge in [-0.15, -0.1) is 12.4 Å². The molecule has 74 valence electrons. The highest BCUT2D eigenvalue weighted by atomic mass is 35.5. The van der Waals surface area contributed by atoms with Crippen molar-refractivity contribution in [2.75, 3.05) is 13.7 Å². The topological polar surface area (TPSA) is 35.2 Å². The molecule has 0 bridgehead atoms. The molecular weight excluding hydrogens is 174 g/mol. The van der Waals surface area contributed by atoms with Crippen molar-refractivity contribution in [1.29, 1.82) is 0 Å². The lowest BCUT2D eigenvalue weighted by Crippen LogP contribution is -2.37. The highest BCUT2D eigenvalue weighted by molar-refractivity contribution is 5.85. The van der Waals surface area contributed by atoms with Crippen molar-refractivity contribution in [3.63, 3.8) is 0 Å². The van der Waals surface area contributed by atoms with Crippen LogP contribution in [-0.2, 0) is 4.74 Å². The standard InChI is InChI=1S/C9H19NO.ClH/c1-8(2)4-5-9(6-8,7-10)11-3;/h4-7,10H2,1-3H3;1H. The molecule has 1 rings (SSSR count). The van der Waals surface area contributed by atoms with E-state index in [0.29, 0.717) is 12.0 Å². The van der Waals surface area contributed by atoms with Crippen LogP contribution in [0.5, 0.6) is 0 Å². The lowest BCUT2D eigenvalue weighted by molar-refractivity contribution is -0.00398. The van der Waals surface area contributed by atoms with Crippen LogP contribution in [0.1, 0.15) is 33.1 Å². The van der Waals surface area contributed by atoms with Crippen LogP contribution in [0.4, 0.5) is 0 Å². The summed E-state index contributed by atoms with van der Waals surface area (Å²) in [6.45, 7) is 5.22. The number of halogens is 1. The van der Waals surface area contributed by atoms with Crippen molar-refractivity contribution in [3.8, 4) is 0 Å². The molecule has 0 aromatic heterocycles. The zero-order valence-corrected chi connectivity index (χ0v) is 9.04. The van der Waals surface area contributed by atoms with E-state index in [1.54, 1.807) is 7.11 Å². The second-order valence-corrected chi connectivity index (χ2v) is 4.43. The Morgan fingerprint density at radius 1 is 1.33 bits per heavy atom. The van der Waals surface area contributed by atoms with Gasteiger partial charge in [0, 0.05) is 13.7 Å². The van der Waals surface area contributed by atoms with Crippen molar-refractivity contribution in [2.24, 2.45) is 11.1 Å². The van der Waals surface area contributed by atoms with Gasteiger partial charge in [0.2, 0.25) is 0 Å². The van der Waals surface area contributed by atoms with E-state index in [0.717, 1.165) is 12.8 Å². The van der Waals surface area contributed by atoms with E-state index in [1.807, 2.05) is 0 Å². The van der Waals surface area contributed by atoms with E-state index in [4.69, 9.17) is 10.5 Å². The maximum atomic E-state index is 5.68. The molecule has 0 amide bonds. The van der Waals surface area contributed by atoms with Gasteiger partial charge in [-0.3, -0.25) is 0 Å². The first-order valence-electron chi connectivity index (χ1n) is 4.29. The number of rotatable bonds is 2. The van der Waals surface area contributed by atoms with Crippen LogP contribution in [0.15, 0.2) is 0 Å². The Morgan fingerprint density at radius 2 is 1.92 bits per heavy atom. The molecule has 3 heteroatoms. The summed E-state index contributed by atoms with van der Waals surface area (Å²) in [6, 6.07) is 0. The summed E-state index contributed by atoms with van der Waals surface area (Å²) in [6.07, 6.45) is 3.46. The van der Waals surface area contributed by atoms with Crippen LogP contribution in [0.2, 0.25) is 0 Å². The average molecular weight is 194 g/mol. The van der Waals surface area contributed by atoms with Gasteiger partial charge < -0.3 is 10.5 Å². The second kappa shape index (κ2) is 3.95. The highest BCUT2D eigenvalue weighted by Gasteiger charge is 2.42. The van der Waals surface area contributed by atoms with Crippen molar-refractivity contribution in [1.82, 2.24) is 0 Å². The maximum absolute atomic E-state index is 5.68. The van der Waals surface area contributed by atoms with Crippen molar-refractivity contribution < 1.29 is 4.74 Å². The summed E-state index contributed by atoms with van der Waals surface area (Å²) in [5.74, 6) is 0. The summed E-state index contributed by atoms with van der Waals surface area (Å²) in [5, 5.41) is 0. The van der Waals surface area contributed by atoms with Gasteiger partial charge in [0.05, 0.1) is 5.60 Å². The van der Waals surface area contributed by atoms with Crippen molar-refractivity contribution in [3.05, 3.63) is 0 Å². The number of hydrogen-bond acceptors (Lipinski definition) is 2. The number of methoxy groups -OCH3 is 1. The summed E-state index contributed by atoms with van der Waals surface area (Å²) < 4.78 is 5.46. The Balaban J connectivity index is 0.00000121. The van der Waals surface area contributed by atoms with Gasteiger partial charge in [-0.1, -0.05) is 13.8 Å². The molecule has 0 spiro atoms. The Hall–Kier alpha value is 0.210. The molecule has 0 aromatic rings. The Morgan fingerprint density at radius 3 is 2.08 bits per heavy atom. The van der Waals surface area contributed by atoms with E-state index in [-0.39, 0.29) is 18.0 Å². The van der Waals surface area contributed by atoms with E-state index < -0.39 is 0 Å². The largest absolute Gasteiger partial charge is 0.377 e. The third-order valence-electron chi connectivity index (χ3n) is 2.86. The van der Waals surface area contributed by atoms with Gasteiger partial charge in [-0.05, 0) is 24.7 Å². The third kappa shape index (κ3) is 2.35. The highest BCUT2D eigenvalue weighted by Crippen LogP contribution is 2.44. The lowest BCUT2D eigenvalue weighted by Gasteiger charge is -2.27. The summed E-state index contributed by atoms with van der Waals surface area (Å²) in [5.41, 5.74) is 6.09. The van der Waals surface area contributed by atoms with Gasteiger partial charge in [0.1, 0.15) is 0 Å². The van der Waals surface area contributed by atoms with Gasteiger partial charge in [0.25, 0.3) is 0 Å². The first kappa shape index (κ1) is 12.2. The quantitative estimate of drug-likeness (QED) is 0.728. The molecular formula is C9H20ClNO. The molecule has 0 aromatic carbocycles. The van der Waals surface area contributed by atoms with Crippen LogP contribution in [0, 0.1) is 5.41 Å². The first-order valence-corrected chi connectivity index (χ1v) is 4.29. The monoisotopic (exact) mass is 193 g/mol. The van der Waals surface area contributed by atoms with Crippen LogP contribution in [0.3, 0.4) is 0 Å². The summed E-state index contributed by atoms with van der Waals surface area (Å²) in [7, 11) is 1.77. The lowest BCUT2D eigenvalue weighted by atomic mass is 9.89. The first-order chi connectivity index (χ1) is 5.04. The normalized spacial score (nSPS) is 33.0. The summed E-state index contributed by atoms with van der Waals surface area (Å²) >= 11 is 0. The van der Waals surface area contributed by atoms with Crippen LogP contribution in [-0.4, -0.2) is 19.3 Å². The molecule has 1 aliphatic rings. The molecule has 1 fully saturated rings. The molecule has 0 saturated heterocycles. The minimum Gasteiger partial charge on any atom is -0.377 e. The van der Waals surface area contributed by atoms with Gasteiger partial charge in [-0.2, -0.15) is 0 Å². The Bertz CT molecular complexity index is 143. The Labute approximate surface area is 81.3 Å². The fraction of sp³-hybridized carbons (Fsp3) is 1.00. The second-order valence-electron chi connectivity index (χ2n) is 4.43. The van der Waals surface area contributed by atoms with Gasteiger partial charge in [-0.25, -0.2) is 0 Å². The summed E-state index contributed by atoms with van der Waals surface area (Å²) in [4.78, 5) is 0. The fourth-order valence-electron chi connectivity index (χ4n) is 2.05. The van der Waals surface area contributed by atoms with E-state index in [2.05, 4.69) is 13.8 Å². The molecule has 0 radical (unpaired) electrons. The molecule has 1 saturated carbocycles. The van der Waals surface area contributed by atoms with Gasteiger partial charge in [0.15, 0.2) is 0 Å². The van der Waals surface area contributed by atoms with Crippen LogP contribution < -0.4 is 5.73 Å². The van der Waals surface area contributed by atoms with Crippen LogP contribution >= 0.6 is 12.4 Å². The minimum atomic E-state index is -0.0104. The zero-order chi connectivity index (χ0) is 8.54. The molecule has 2 N–H and O–H groups in total. The zero-order valence-electron chi connectivity index (χ0n) is 8.22. The van der Waals surface area contributed by atoms with E-state index in [9.17, 15) is 0 Å². The molecule has 0 heterocycles. The van der Waals surface area contributed by atoms with Crippen molar-refractivity contribution >= 4 is 12.4 Å². The molecule has 2 nitrogen and oxygen atoms in total. The van der Waals surface area contributed by atoms with E-state index in [1.165, 1.54) is 6.42 Å². The predicted molar refractivity (Wildman–Crippen MR) is 53.7 cm³/mol. The van der Waals surface area contributed by atoms with Crippen molar-refractivity contribution in [2.45, 2.75) is 38.7 Å². The number of hydrogen-bond donors (Lipinski definition) is 1. The molecule has 1 atom stereocenters. The molecule has 0 aliphatic heterocycles. The minimum absolute atomic E-state index is 0. The number of ether oxygens (including phenoxy) is 1. The average Bonchev–Trinajstić information content (AvgIpc) is 2.28. The van der Waals surface area contributed by atoms with E-state index >= 15 is 0 Å². The molecule has 1 unspecified atom stereocenters. The molecule has 1 aliphatic carbocycles. The smallest absolute Gasteiger partial charge is 0.0805 e.